The van der Waals surface area contributed by atoms with Gasteiger partial charge < -0.3 is 4.90 Å². The smallest absolute Gasteiger partial charge is 0.0560 e. The van der Waals surface area contributed by atoms with Crippen LogP contribution in [0.1, 0.15) is 37.0 Å². The van der Waals surface area contributed by atoms with E-state index >= 15 is 0 Å². The number of anilines is 2. The molecule has 0 amide bonds. The maximum Gasteiger partial charge on any atom is 0.0560 e. The zero-order chi connectivity index (χ0) is 30.1. The van der Waals surface area contributed by atoms with E-state index < -0.39 is 0 Å². The van der Waals surface area contributed by atoms with E-state index in [-0.39, 0.29) is 11.5 Å². The molecule has 0 saturated heterocycles. The van der Waals surface area contributed by atoms with Crippen molar-refractivity contribution in [1.82, 2.24) is 0 Å². The summed E-state index contributed by atoms with van der Waals surface area (Å²) in [4.78, 5) is 2.56. The van der Waals surface area contributed by atoms with E-state index in [1.807, 2.05) is 11.3 Å². The highest BCUT2D eigenvalue weighted by Gasteiger charge is 2.36. The molecule has 2 aliphatic rings. The fourth-order valence-corrected chi connectivity index (χ4v) is 8.70. The molecule has 1 nitrogen and oxygen atoms in total. The highest BCUT2D eigenvalue weighted by molar-refractivity contribution is 7.25. The van der Waals surface area contributed by atoms with Gasteiger partial charge in [-0.25, -0.2) is 0 Å². The van der Waals surface area contributed by atoms with Crippen LogP contribution in [-0.2, 0) is 5.41 Å². The Morgan fingerprint density at radius 1 is 0.622 bits per heavy atom. The topological polar surface area (TPSA) is 3.24 Å². The predicted molar refractivity (Wildman–Crippen MR) is 195 cm³/mol. The SMILES string of the molecule is CC1(C)c2ccc(N(c3ccc4sc5ccccc5c4c3)C3C=CC(c4ccccc4)=CC3)cc2-c2cc3ccccc3cc21. The van der Waals surface area contributed by atoms with Crippen molar-refractivity contribution in [2.24, 2.45) is 0 Å². The van der Waals surface area contributed by atoms with Crippen LogP contribution in [0, 0.1) is 0 Å². The van der Waals surface area contributed by atoms with E-state index in [4.69, 9.17) is 0 Å². The minimum Gasteiger partial charge on any atom is -0.334 e. The fraction of sp³-hybridized carbons (Fsp3) is 0.116. The van der Waals surface area contributed by atoms with Gasteiger partial charge in [-0.2, -0.15) is 0 Å². The second kappa shape index (κ2) is 10.1. The van der Waals surface area contributed by atoms with Gasteiger partial charge in [-0.15, -0.1) is 11.3 Å². The van der Waals surface area contributed by atoms with Crippen LogP contribution in [-0.4, -0.2) is 6.04 Å². The Labute approximate surface area is 268 Å². The molecule has 6 aromatic carbocycles. The molecule has 1 aromatic heterocycles. The third kappa shape index (κ3) is 4.20. The molecule has 0 N–H and O–H groups in total. The third-order valence-electron chi connectivity index (χ3n) is 9.96. The molecule has 7 aromatic rings. The van der Waals surface area contributed by atoms with Gasteiger partial charge in [0, 0.05) is 37.0 Å². The number of nitrogens with zero attached hydrogens (tertiary/aromatic N) is 1. The Kier molecular flexibility index (Phi) is 5.92. The first-order chi connectivity index (χ1) is 22.0. The average Bonchev–Trinajstić information content (AvgIpc) is 3.56. The number of rotatable bonds is 4. The molecule has 216 valence electrons. The number of hydrogen-bond donors (Lipinski definition) is 0. The first kappa shape index (κ1) is 26.5. The predicted octanol–water partition coefficient (Wildman–Crippen LogP) is 12.1. The molecule has 0 aliphatic heterocycles. The van der Waals surface area contributed by atoms with Crippen LogP contribution >= 0.6 is 11.3 Å². The molecule has 9 rings (SSSR count). The lowest BCUT2D eigenvalue weighted by molar-refractivity contribution is 0.661. The van der Waals surface area contributed by atoms with E-state index in [9.17, 15) is 0 Å². The molecule has 45 heavy (non-hydrogen) atoms. The van der Waals surface area contributed by atoms with Gasteiger partial charge in [-0.1, -0.05) is 111 Å². The van der Waals surface area contributed by atoms with Crippen molar-refractivity contribution in [2.75, 3.05) is 4.90 Å². The largest absolute Gasteiger partial charge is 0.334 e. The maximum atomic E-state index is 2.56. The van der Waals surface area contributed by atoms with E-state index in [0.717, 1.165) is 6.42 Å². The zero-order valence-electron chi connectivity index (χ0n) is 25.5. The van der Waals surface area contributed by atoms with Crippen LogP contribution in [0.3, 0.4) is 0 Å². The van der Waals surface area contributed by atoms with Gasteiger partial charge in [0.1, 0.15) is 0 Å². The Hall–Kier alpha value is -4.92. The standard InChI is InChI=1S/C43H33NS/c1-43(2)39-22-20-33(26-37(39)36-24-30-12-6-7-13-31(30)25-40(36)43)44(32-18-16-29(17-19-32)28-10-4-3-5-11-28)34-21-23-42-38(27-34)35-14-8-9-15-41(35)45-42/h3-18,20-27,32H,19H2,1-2H3. The van der Waals surface area contributed by atoms with Crippen LogP contribution in [0.15, 0.2) is 146 Å². The molecule has 0 fully saturated rings. The lowest BCUT2D eigenvalue weighted by Gasteiger charge is -2.34. The molecule has 1 heterocycles. The number of allylic oxidation sites excluding steroid dienone is 2. The van der Waals surface area contributed by atoms with Crippen molar-refractivity contribution >= 4 is 59.2 Å². The number of fused-ring (bicyclic) bond motifs is 7. The molecular formula is C43H33NS. The number of benzene rings is 6. The summed E-state index contributed by atoms with van der Waals surface area (Å²) in [6, 6.07) is 47.5. The average molecular weight is 596 g/mol. The van der Waals surface area contributed by atoms with Crippen LogP contribution < -0.4 is 4.90 Å². The Balaban J connectivity index is 1.20. The monoisotopic (exact) mass is 595 g/mol. The summed E-state index contributed by atoms with van der Waals surface area (Å²) >= 11 is 1.88. The highest BCUT2D eigenvalue weighted by atomic mass is 32.1. The van der Waals surface area contributed by atoms with Gasteiger partial charge in [-0.3, -0.25) is 0 Å². The summed E-state index contributed by atoms with van der Waals surface area (Å²) in [5, 5.41) is 5.27. The number of thiophene rings is 1. The lowest BCUT2D eigenvalue weighted by atomic mass is 9.82. The van der Waals surface area contributed by atoms with Gasteiger partial charge in [0.05, 0.1) is 6.04 Å². The second-order valence-corrected chi connectivity index (χ2v) is 14.0. The van der Waals surface area contributed by atoms with Crippen molar-refractivity contribution in [3.05, 3.63) is 162 Å². The first-order valence-electron chi connectivity index (χ1n) is 15.9. The first-order valence-corrected chi connectivity index (χ1v) is 16.7. The molecule has 0 saturated carbocycles. The van der Waals surface area contributed by atoms with Crippen molar-refractivity contribution in [1.29, 1.82) is 0 Å². The van der Waals surface area contributed by atoms with Crippen molar-refractivity contribution in [2.45, 2.75) is 31.7 Å². The van der Waals surface area contributed by atoms with Crippen LogP contribution in [0.4, 0.5) is 11.4 Å². The molecule has 1 atom stereocenters. The Morgan fingerprint density at radius 3 is 2.13 bits per heavy atom. The molecule has 2 aliphatic carbocycles. The highest BCUT2D eigenvalue weighted by Crippen LogP contribution is 2.51. The van der Waals surface area contributed by atoms with E-state index in [2.05, 4.69) is 164 Å². The summed E-state index contributed by atoms with van der Waals surface area (Å²) in [6.07, 6.45) is 8.06. The van der Waals surface area contributed by atoms with Gasteiger partial charge in [0.15, 0.2) is 0 Å². The zero-order valence-corrected chi connectivity index (χ0v) is 26.3. The molecule has 0 spiro atoms. The van der Waals surface area contributed by atoms with Gasteiger partial charge in [0.25, 0.3) is 0 Å². The second-order valence-electron chi connectivity index (χ2n) is 12.9. The fourth-order valence-electron chi connectivity index (χ4n) is 7.62. The minimum absolute atomic E-state index is 0.0510. The van der Waals surface area contributed by atoms with Gasteiger partial charge >= 0.3 is 0 Å². The van der Waals surface area contributed by atoms with Gasteiger partial charge in [0.2, 0.25) is 0 Å². The summed E-state index contributed by atoms with van der Waals surface area (Å²) in [7, 11) is 0. The van der Waals surface area contributed by atoms with Crippen LogP contribution in [0.5, 0.6) is 0 Å². The maximum absolute atomic E-state index is 2.56. The van der Waals surface area contributed by atoms with E-state index in [1.54, 1.807) is 0 Å². The molecule has 2 heteroatoms. The molecular weight excluding hydrogens is 563 g/mol. The normalized spacial score (nSPS) is 16.6. The summed E-state index contributed by atoms with van der Waals surface area (Å²) in [5.74, 6) is 0. The summed E-state index contributed by atoms with van der Waals surface area (Å²) in [6.45, 7) is 4.75. The summed E-state index contributed by atoms with van der Waals surface area (Å²) in [5.41, 5.74) is 10.5. The van der Waals surface area contributed by atoms with Crippen LogP contribution in [0.2, 0.25) is 0 Å². The van der Waals surface area contributed by atoms with Crippen molar-refractivity contribution < 1.29 is 0 Å². The third-order valence-corrected chi connectivity index (χ3v) is 11.1. The summed E-state index contributed by atoms with van der Waals surface area (Å²) < 4.78 is 2.68. The van der Waals surface area contributed by atoms with Crippen molar-refractivity contribution in [3.63, 3.8) is 0 Å². The molecule has 1 unspecified atom stereocenters. The minimum atomic E-state index is -0.0510. The van der Waals surface area contributed by atoms with Crippen LogP contribution in [0.25, 0.3) is 47.6 Å². The van der Waals surface area contributed by atoms with E-state index in [1.165, 1.54) is 75.7 Å². The Morgan fingerprint density at radius 2 is 1.31 bits per heavy atom. The van der Waals surface area contributed by atoms with E-state index in [0.29, 0.717) is 0 Å². The quantitative estimate of drug-likeness (QED) is 0.196. The lowest BCUT2D eigenvalue weighted by Crippen LogP contribution is -2.30. The Bertz CT molecular complexity index is 2340. The molecule has 0 bridgehead atoms. The molecule has 0 radical (unpaired) electrons. The van der Waals surface area contributed by atoms with Gasteiger partial charge in [-0.05, 0) is 99.1 Å². The number of hydrogen-bond acceptors (Lipinski definition) is 2. The van der Waals surface area contributed by atoms with Crippen molar-refractivity contribution in [3.8, 4) is 11.1 Å².